The van der Waals surface area contributed by atoms with E-state index in [0.29, 0.717) is 19.4 Å². The molecule has 8 heteroatoms. The fraction of sp³-hybridized carbons (Fsp3) is 0.385. The molecule has 1 aliphatic rings. The average Bonchev–Trinajstić information content (AvgIpc) is 2.46. The summed E-state index contributed by atoms with van der Waals surface area (Å²) in [4.78, 5) is 34.7. The van der Waals surface area contributed by atoms with Gasteiger partial charge in [-0.05, 0) is 25.0 Å². The molecule has 1 atom stereocenters. The van der Waals surface area contributed by atoms with E-state index in [1.54, 1.807) is 0 Å². The van der Waals surface area contributed by atoms with Crippen molar-refractivity contribution in [3.63, 3.8) is 0 Å². The van der Waals surface area contributed by atoms with Gasteiger partial charge in [-0.3, -0.25) is 19.7 Å². The Labute approximate surface area is 119 Å². The second-order valence-electron chi connectivity index (χ2n) is 4.92. The number of carbonyl (C=O) groups is 2. The molecule has 1 unspecified atom stereocenters. The molecule has 2 amide bonds. The highest BCUT2D eigenvalue weighted by atomic mass is 19.1. The van der Waals surface area contributed by atoms with E-state index in [1.165, 1.54) is 11.0 Å². The van der Waals surface area contributed by atoms with Gasteiger partial charge < -0.3 is 10.6 Å². The van der Waals surface area contributed by atoms with Gasteiger partial charge in [0.1, 0.15) is 0 Å². The van der Waals surface area contributed by atoms with Crippen LogP contribution in [0.5, 0.6) is 0 Å². The topological polar surface area (TPSA) is 107 Å². The van der Waals surface area contributed by atoms with Crippen LogP contribution in [0.3, 0.4) is 0 Å². The number of nitrogens with two attached hydrogens (primary N) is 1. The van der Waals surface area contributed by atoms with Crippen molar-refractivity contribution in [2.45, 2.75) is 12.8 Å². The van der Waals surface area contributed by atoms with E-state index in [9.17, 15) is 24.1 Å². The minimum Gasteiger partial charge on any atom is -0.369 e. The molecule has 2 N–H and O–H groups in total. The SMILES string of the molecule is NC(=O)C1CCCN(C(=O)c2ccc(F)c([N+](=O)[O-])c2)C1. The molecule has 2 rings (SSSR count). The molecule has 1 saturated heterocycles. The first kappa shape index (κ1) is 14.9. The van der Waals surface area contributed by atoms with Gasteiger partial charge in [-0.15, -0.1) is 0 Å². The van der Waals surface area contributed by atoms with Crippen LogP contribution in [-0.4, -0.2) is 34.7 Å². The van der Waals surface area contributed by atoms with Crippen LogP contribution in [0.4, 0.5) is 10.1 Å². The number of rotatable bonds is 3. The molecule has 0 radical (unpaired) electrons. The molecule has 0 aliphatic carbocycles. The average molecular weight is 295 g/mol. The minimum atomic E-state index is -0.995. The van der Waals surface area contributed by atoms with Crippen LogP contribution >= 0.6 is 0 Å². The van der Waals surface area contributed by atoms with Gasteiger partial charge in [0.2, 0.25) is 11.7 Å². The van der Waals surface area contributed by atoms with Crippen LogP contribution in [0.15, 0.2) is 18.2 Å². The molecular formula is C13H14FN3O4. The number of nitro benzene ring substituents is 1. The molecule has 1 heterocycles. The van der Waals surface area contributed by atoms with Gasteiger partial charge in [0.15, 0.2) is 0 Å². The Kier molecular flexibility index (Phi) is 4.15. The molecule has 0 aromatic heterocycles. The number of primary amides is 1. The summed E-state index contributed by atoms with van der Waals surface area (Å²) in [5.41, 5.74) is 4.51. The van der Waals surface area contributed by atoms with E-state index in [-0.39, 0.29) is 12.1 Å². The Morgan fingerprint density at radius 3 is 2.76 bits per heavy atom. The van der Waals surface area contributed by atoms with Crippen molar-refractivity contribution in [1.29, 1.82) is 0 Å². The van der Waals surface area contributed by atoms with Crippen molar-refractivity contribution >= 4 is 17.5 Å². The lowest BCUT2D eigenvalue weighted by Crippen LogP contribution is -2.44. The second kappa shape index (κ2) is 5.86. The highest BCUT2D eigenvalue weighted by Gasteiger charge is 2.28. The van der Waals surface area contributed by atoms with Crippen molar-refractivity contribution < 1.29 is 18.9 Å². The highest BCUT2D eigenvalue weighted by Crippen LogP contribution is 2.22. The number of piperidine rings is 1. The highest BCUT2D eigenvalue weighted by molar-refractivity contribution is 5.95. The summed E-state index contributed by atoms with van der Waals surface area (Å²) in [5.74, 6) is -2.36. The van der Waals surface area contributed by atoms with E-state index >= 15 is 0 Å². The van der Waals surface area contributed by atoms with Gasteiger partial charge in [0, 0.05) is 24.7 Å². The summed E-state index contributed by atoms with van der Waals surface area (Å²) in [6, 6.07) is 2.99. The largest absolute Gasteiger partial charge is 0.369 e. The Bertz CT molecular complexity index is 605. The van der Waals surface area contributed by atoms with Crippen molar-refractivity contribution in [2.24, 2.45) is 11.7 Å². The number of hydrogen-bond acceptors (Lipinski definition) is 4. The van der Waals surface area contributed by atoms with E-state index in [2.05, 4.69) is 0 Å². The normalized spacial score (nSPS) is 18.3. The zero-order chi connectivity index (χ0) is 15.6. The smallest absolute Gasteiger partial charge is 0.305 e. The molecule has 1 fully saturated rings. The molecular weight excluding hydrogens is 281 g/mol. The maximum absolute atomic E-state index is 13.3. The number of halogens is 1. The number of likely N-dealkylation sites (tertiary alicyclic amines) is 1. The molecule has 1 aromatic rings. The Balaban J connectivity index is 2.22. The lowest BCUT2D eigenvalue weighted by Gasteiger charge is -2.31. The van der Waals surface area contributed by atoms with Crippen LogP contribution in [0.1, 0.15) is 23.2 Å². The number of carbonyl (C=O) groups excluding carboxylic acids is 2. The maximum Gasteiger partial charge on any atom is 0.305 e. The van der Waals surface area contributed by atoms with Gasteiger partial charge in [0.25, 0.3) is 5.91 Å². The van der Waals surface area contributed by atoms with E-state index < -0.39 is 34.2 Å². The van der Waals surface area contributed by atoms with Crippen LogP contribution in [0.2, 0.25) is 0 Å². The molecule has 1 aromatic carbocycles. The first-order valence-corrected chi connectivity index (χ1v) is 6.42. The zero-order valence-corrected chi connectivity index (χ0v) is 11.1. The monoisotopic (exact) mass is 295 g/mol. The summed E-state index contributed by atoms with van der Waals surface area (Å²) in [7, 11) is 0. The predicted octanol–water partition coefficient (Wildman–Crippen LogP) is 1.07. The zero-order valence-electron chi connectivity index (χ0n) is 11.1. The predicted molar refractivity (Wildman–Crippen MR) is 70.9 cm³/mol. The van der Waals surface area contributed by atoms with Gasteiger partial charge in [-0.1, -0.05) is 0 Å². The van der Waals surface area contributed by atoms with Crippen LogP contribution < -0.4 is 5.73 Å². The van der Waals surface area contributed by atoms with E-state index in [0.717, 1.165) is 12.1 Å². The number of hydrogen-bond donors (Lipinski definition) is 1. The number of nitrogens with zero attached hydrogens (tertiary/aromatic N) is 2. The van der Waals surface area contributed by atoms with Crippen molar-refractivity contribution in [3.05, 3.63) is 39.7 Å². The summed E-state index contributed by atoms with van der Waals surface area (Å²) >= 11 is 0. The molecule has 1 aliphatic heterocycles. The molecule has 0 saturated carbocycles. The van der Waals surface area contributed by atoms with Crippen molar-refractivity contribution in [3.8, 4) is 0 Å². The lowest BCUT2D eigenvalue weighted by atomic mass is 9.97. The van der Waals surface area contributed by atoms with Crippen LogP contribution in [0, 0.1) is 21.8 Å². The Hall–Kier alpha value is -2.51. The van der Waals surface area contributed by atoms with E-state index in [1.807, 2.05) is 0 Å². The molecule has 21 heavy (non-hydrogen) atoms. The van der Waals surface area contributed by atoms with Crippen LogP contribution in [-0.2, 0) is 4.79 Å². The molecule has 112 valence electrons. The van der Waals surface area contributed by atoms with Crippen LogP contribution in [0.25, 0.3) is 0 Å². The first-order chi connectivity index (χ1) is 9.90. The van der Waals surface area contributed by atoms with Crippen molar-refractivity contribution in [1.82, 2.24) is 4.90 Å². The fourth-order valence-electron chi connectivity index (χ4n) is 2.36. The first-order valence-electron chi connectivity index (χ1n) is 6.42. The summed E-state index contributed by atoms with van der Waals surface area (Å²) in [5, 5.41) is 10.7. The van der Waals surface area contributed by atoms with Crippen molar-refractivity contribution in [2.75, 3.05) is 13.1 Å². The quantitative estimate of drug-likeness (QED) is 0.664. The number of nitro groups is 1. The lowest BCUT2D eigenvalue weighted by molar-refractivity contribution is -0.387. The third-order valence-electron chi connectivity index (χ3n) is 3.50. The number of amides is 2. The molecule has 0 spiro atoms. The Morgan fingerprint density at radius 1 is 1.43 bits per heavy atom. The van der Waals surface area contributed by atoms with Gasteiger partial charge in [-0.2, -0.15) is 4.39 Å². The third kappa shape index (κ3) is 3.15. The summed E-state index contributed by atoms with van der Waals surface area (Å²) in [6.45, 7) is 0.618. The Morgan fingerprint density at radius 2 is 2.14 bits per heavy atom. The number of benzene rings is 1. The van der Waals surface area contributed by atoms with Gasteiger partial charge >= 0.3 is 5.69 Å². The fourth-order valence-corrected chi connectivity index (χ4v) is 2.36. The van der Waals surface area contributed by atoms with Gasteiger partial charge in [0.05, 0.1) is 10.8 Å². The van der Waals surface area contributed by atoms with Gasteiger partial charge in [-0.25, -0.2) is 0 Å². The third-order valence-corrected chi connectivity index (χ3v) is 3.50. The summed E-state index contributed by atoms with van der Waals surface area (Å²) < 4.78 is 13.3. The van der Waals surface area contributed by atoms with E-state index in [4.69, 9.17) is 5.73 Å². The minimum absolute atomic E-state index is 0.0215. The maximum atomic E-state index is 13.3. The summed E-state index contributed by atoms with van der Waals surface area (Å²) in [6.07, 6.45) is 1.24. The standard InChI is InChI=1S/C13H14FN3O4/c14-10-4-3-8(6-11(10)17(20)21)13(19)16-5-1-2-9(7-16)12(15)18/h3-4,6,9H,1-2,5,7H2,(H2,15,18). The molecule has 7 nitrogen and oxygen atoms in total. The molecule has 0 bridgehead atoms. The second-order valence-corrected chi connectivity index (χ2v) is 4.92.